The second-order valence-electron chi connectivity index (χ2n) is 3.27. The van der Waals surface area contributed by atoms with Crippen molar-refractivity contribution in [2.24, 2.45) is 0 Å². The Morgan fingerprint density at radius 3 is 2.71 bits per heavy atom. The van der Waals surface area contributed by atoms with Crippen LogP contribution >= 0.6 is 15.9 Å². The maximum absolute atomic E-state index is 11.4. The predicted molar refractivity (Wildman–Crippen MR) is 57.2 cm³/mol. The van der Waals surface area contributed by atoms with E-state index in [0.29, 0.717) is 5.69 Å². The van der Waals surface area contributed by atoms with E-state index in [4.69, 9.17) is 4.74 Å². The summed E-state index contributed by atoms with van der Waals surface area (Å²) in [6, 6.07) is 1.70. The molecule has 14 heavy (non-hydrogen) atoms. The minimum absolute atomic E-state index is 0.117. The van der Waals surface area contributed by atoms with E-state index < -0.39 is 0 Å². The fourth-order valence-corrected chi connectivity index (χ4v) is 1.14. The number of nitrogens with zero attached hydrogens (tertiary/aromatic N) is 1. The fourth-order valence-electron chi connectivity index (χ4n) is 0.925. The lowest BCUT2D eigenvalue weighted by Gasteiger charge is -2.07. The summed E-state index contributed by atoms with van der Waals surface area (Å²) in [7, 11) is 0. The van der Waals surface area contributed by atoms with Crippen molar-refractivity contribution in [3.8, 4) is 0 Å². The monoisotopic (exact) mass is 257 g/mol. The number of aryl methyl sites for hydroxylation is 1. The van der Waals surface area contributed by atoms with Crippen molar-refractivity contribution in [2.45, 2.75) is 26.9 Å². The van der Waals surface area contributed by atoms with Crippen LogP contribution in [0.15, 0.2) is 16.7 Å². The van der Waals surface area contributed by atoms with E-state index in [1.807, 2.05) is 20.8 Å². The van der Waals surface area contributed by atoms with Crippen molar-refractivity contribution in [3.05, 3.63) is 28.0 Å². The summed E-state index contributed by atoms with van der Waals surface area (Å²) in [6.07, 6.45) is 1.49. The molecule has 0 aromatic carbocycles. The number of halogens is 1. The van der Waals surface area contributed by atoms with Gasteiger partial charge in [0.2, 0.25) is 0 Å². The Morgan fingerprint density at radius 2 is 2.21 bits per heavy atom. The summed E-state index contributed by atoms with van der Waals surface area (Å²) < 4.78 is 5.90. The largest absolute Gasteiger partial charge is 0.458 e. The van der Waals surface area contributed by atoms with E-state index >= 15 is 0 Å². The molecule has 4 heteroatoms. The highest BCUT2D eigenvalue weighted by atomic mass is 79.9. The number of ether oxygens (including phenoxy) is 1. The van der Waals surface area contributed by atoms with Crippen LogP contribution in [0.2, 0.25) is 0 Å². The van der Waals surface area contributed by atoms with Gasteiger partial charge in [0.1, 0.15) is 5.69 Å². The smallest absolute Gasteiger partial charge is 0.357 e. The topological polar surface area (TPSA) is 39.2 Å². The van der Waals surface area contributed by atoms with Crippen LogP contribution in [-0.2, 0) is 4.74 Å². The van der Waals surface area contributed by atoms with Gasteiger partial charge in [0.25, 0.3) is 0 Å². The summed E-state index contributed by atoms with van der Waals surface area (Å²) in [5, 5.41) is 0. The van der Waals surface area contributed by atoms with Crippen molar-refractivity contribution in [1.29, 1.82) is 0 Å². The number of rotatable bonds is 2. The number of esters is 1. The molecule has 0 fully saturated rings. The molecule has 0 saturated carbocycles. The van der Waals surface area contributed by atoms with Crippen LogP contribution in [0.1, 0.15) is 29.9 Å². The summed E-state index contributed by atoms with van der Waals surface area (Å²) >= 11 is 3.31. The summed E-state index contributed by atoms with van der Waals surface area (Å²) in [5.41, 5.74) is 1.31. The molecule has 0 aliphatic carbocycles. The third-order valence-electron chi connectivity index (χ3n) is 1.60. The number of hydrogen-bond acceptors (Lipinski definition) is 3. The second-order valence-corrected chi connectivity index (χ2v) is 4.13. The highest BCUT2D eigenvalue weighted by molar-refractivity contribution is 9.10. The number of carbonyl (C=O) groups is 1. The first kappa shape index (κ1) is 11.2. The molecular weight excluding hydrogens is 246 g/mol. The normalized spacial score (nSPS) is 10.4. The zero-order valence-corrected chi connectivity index (χ0v) is 9.96. The molecule has 1 heterocycles. The third kappa shape index (κ3) is 2.80. The van der Waals surface area contributed by atoms with E-state index in [1.165, 1.54) is 0 Å². The number of aromatic nitrogens is 1. The van der Waals surface area contributed by atoms with Crippen LogP contribution in [0.5, 0.6) is 0 Å². The van der Waals surface area contributed by atoms with Gasteiger partial charge in [-0.3, -0.25) is 0 Å². The minimum atomic E-state index is -0.379. The van der Waals surface area contributed by atoms with Crippen LogP contribution in [0.25, 0.3) is 0 Å². The molecule has 0 radical (unpaired) electrons. The average molecular weight is 258 g/mol. The fraction of sp³-hybridized carbons (Fsp3) is 0.400. The Hall–Kier alpha value is -0.900. The predicted octanol–water partition coefficient (Wildman–Crippen LogP) is 2.72. The lowest BCUT2D eigenvalue weighted by atomic mass is 10.2. The number of hydrogen-bond donors (Lipinski definition) is 0. The zero-order chi connectivity index (χ0) is 10.7. The lowest BCUT2D eigenvalue weighted by Crippen LogP contribution is -2.13. The van der Waals surface area contributed by atoms with Gasteiger partial charge in [-0.1, -0.05) is 0 Å². The molecule has 0 aliphatic heterocycles. The molecule has 1 rings (SSSR count). The van der Waals surface area contributed by atoms with Crippen LogP contribution in [0, 0.1) is 6.92 Å². The van der Waals surface area contributed by atoms with Gasteiger partial charge < -0.3 is 4.74 Å². The first-order chi connectivity index (χ1) is 6.50. The van der Waals surface area contributed by atoms with Crippen LogP contribution < -0.4 is 0 Å². The summed E-state index contributed by atoms with van der Waals surface area (Å²) in [4.78, 5) is 15.4. The van der Waals surface area contributed by atoms with Gasteiger partial charge in [0, 0.05) is 10.7 Å². The van der Waals surface area contributed by atoms with E-state index in [-0.39, 0.29) is 12.1 Å². The molecule has 0 atom stereocenters. The maximum Gasteiger partial charge on any atom is 0.357 e. The van der Waals surface area contributed by atoms with Gasteiger partial charge in [-0.05, 0) is 48.3 Å². The molecule has 0 bridgehead atoms. The van der Waals surface area contributed by atoms with Gasteiger partial charge in [-0.25, -0.2) is 9.78 Å². The summed E-state index contributed by atoms with van der Waals surface area (Å²) in [5.74, 6) is -0.379. The van der Waals surface area contributed by atoms with Crippen LogP contribution in [0.3, 0.4) is 0 Å². The van der Waals surface area contributed by atoms with E-state index in [9.17, 15) is 4.79 Å². The molecule has 1 aromatic heterocycles. The standard InChI is InChI=1S/C10H12BrNO2/c1-6(2)14-10(13)9-4-7(3)8(11)5-12-9/h4-6H,1-3H3. The van der Waals surface area contributed by atoms with Crippen molar-refractivity contribution in [1.82, 2.24) is 4.98 Å². The van der Waals surface area contributed by atoms with Crippen molar-refractivity contribution >= 4 is 21.9 Å². The van der Waals surface area contributed by atoms with E-state index in [2.05, 4.69) is 20.9 Å². The SMILES string of the molecule is Cc1cc(C(=O)OC(C)C)ncc1Br. The molecule has 0 unspecified atom stereocenters. The Labute approximate surface area is 91.6 Å². The Bertz CT molecular complexity index is 350. The van der Waals surface area contributed by atoms with Crippen LogP contribution in [-0.4, -0.2) is 17.1 Å². The molecule has 76 valence electrons. The van der Waals surface area contributed by atoms with Gasteiger partial charge in [0.05, 0.1) is 6.10 Å². The van der Waals surface area contributed by atoms with Crippen LogP contribution in [0.4, 0.5) is 0 Å². The minimum Gasteiger partial charge on any atom is -0.458 e. The average Bonchev–Trinajstić information content (AvgIpc) is 2.08. The van der Waals surface area contributed by atoms with Gasteiger partial charge >= 0.3 is 5.97 Å². The van der Waals surface area contributed by atoms with Gasteiger partial charge in [-0.2, -0.15) is 0 Å². The molecule has 0 spiro atoms. The van der Waals surface area contributed by atoms with Gasteiger partial charge in [-0.15, -0.1) is 0 Å². The number of carbonyl (C=O) groups excluding carboxylic acids is 1. The van der Waals surface area contributed by atoms with Crippen molar-refractivity contribution in [3.63, 3.8) is 0 Å². The molecule has 0 amide bonds. The Balaban J connectivity index is 2.86. The second kappa shape index (κ2) is 4.55. The first-order valence-electron chi connectivity index (χ1n) is 4.34. The lowest BCUT2D eigenvalue weighted by molar-refractivity contribution is 0.0370. The molecule has 0 aliphatic rings. The van der Waals surface area contributed by atoms with E-state index in [1.54, 1.807) is 12.3 Å². The quantitative estimate of drug-likeness (QED) is 0.765. The third-order valence-corrected chi connectivity index (χ3v) is 2.43. The Morgan fingerprint density at radius 1 is 1.57 bits per heavy atom. The summed E-state index contributed by atoms with van der Waals surface area (Å²) in [6.45, 7) is 5.52. The zero-order valence-electron chi connectivity index (χ0n) is 8.37. The highest BCUT2D eigenvalue weighted by Gasteiger charge is 2.11. The van der Waals surface area contributed by atoms with Crippen molar-refractivity contribution in [2.75, 3.05) is 0 Å². The highest BCUT2D eigenvalue weighted by Crippen LogP contribution is 2.15. The molecule has 1 aromatic rings. The molecule has 0 N–H and O–H groups in total. The number of pyridine rings is 1. The molecule has 3 nitrogen and oxygen atoms in total. The van der Waals surface area contributed by atoms with Crippen molar-refractivity contribution < 1.29 is 9.53 Å². The van der Waals surface area contributed by atoms with Gasteiger partial charge in [0.15, 0.2) is 0 Å². The first-order valence-corrected chi connectivity index (χ1v) is 5.13. The van der Waals surface area contributed by atoms with E-state index in [0.717, 1.165) is 10.0 Å². The maximum atomic E-state index is 11.4. The molecular formula is C10H12BrNO2. The molecule has 0 saturated heterocycles. The Kier molecular flexibility index (Phi) is 3.63.